The monoisotopic (exact) mass is 548 g/mol. The molecule has 0 spiro atoms. The molecule has 0 bridgehead atoms. The zero-order valence-corrected chi connectivity index (χ0v) is 22.4. The van der Waals surface area contributed by atoms with Gasteiger partial charge in [0.15, 0.2) is 5.75 Å². The molecular weight excluding hydrogens is 520 g/mol. The van der Waals surface area contributed by atoms with Crippen molar-refractivity contribution in [3.63, 3.8) is 0 Å². The van der Waals surface area contributed by atoms with Gasteiger partial charge in [-0.15, -0.1) is 0 Å². The summed E-state index contributed by atoms with van der Waals surface area (Å²) in [5, 5.41) is 13.6. The quantitative estimate of drug-likeness (QED) is 0.320. The summed E-state index contributed by atoms with van der Waals surface area (Å²) >= 11 is 6.17. The highest BCUT2D eigenvalue weighted by atomic mass is 35.5. The summed E-state index contributed by atoms with van der Waals surface area (Å²) in [7, 11) is -3.87. The second-order valence-corrected chi connectivity index (χ2v) is 12.3. The van der Waals surface area contributed by atoms with Gasteiger partial charge in [0.1, 0.15) is 10.6 Å². The van der Waals surface area contributed by atoms with Crippen LogP contribution in [0.3, 0.4) is 0 Å². The minimum Gasteiger partial charge on any atom is -0.454 e. The second kappa shape index (κ2) is 10.2. The molecule has 2 heterocycles. The van der Waals surface area contributed by atoms with E-state index in [0.717, 1.165) is 42.3 Å². The third-order valence-corrected chi connectivity index (χ3v) is 9.58. The number of sulfonamides is 1. The molecule has 1 fully saturated rings. The molecule has 2 aliphatic heterocycles. The fraction of sp³-hybridized carbons (Fsp3) is 0.267. The van der Waals surface area contributed by atoms with Gasteiger partial charge in [-0.05, 0) is 84.6 Å². The van der Waals surface area contributed by atoms with Gasteiger partial charge in [0.25, 0.3) is 10.0 Å². The van der Waals surface area contributed by atoms with Gasteiger partial charge in [-0.25, -0.2) is 8.42 Å². The Kier molecular flexibility index (Phi) is 6.78. The molecule has 38 heavy (non-hydrogen) atoms. The predicted molar refractivity (Wildman–Crippen MR) is 151 cm³/mol. The Balaban J connectivity index is 1.16. The summed E-state index contributed by atoms with van der Waals surface area (Å²) < 4.78 is 35.1. The molecule has 2 aliphatic rings. The van der Waals surface area contributed by atoms with Crippen LogP contribution in [0.25, 0.3) is 10.8 Å². The van der Waals surface area contributed by atoms with Crippen molar-refractivity contribution in [2.75, 3.05) is 30.5 Å². The molecule has 4 aromatic rings. The van der Waals surface area contributed by atoms with Gasteiger partial charge in [-0.2, -0.15) is 0 Å². The van der Waals surface area contributed by atoms with Gasteiger partial charge in [-0.1, -0.05) is 60.1 Å². The predicted octanol–water partition coefficient (Wildman–Crippen LogP) is 6.24. The number of aliphatic hydroxyl groups is 1. The Bertz CT molecular complexity index is 1580. The van der Waals surface area contributed by atoms with Gasteiger partial charge in [-0.3, -0.25) is 4.31 Å². The van der Waals surface area contributed by atoms with Crippen LogP contribution in [-0.4, -0.2) is 44.6 Å². The standard InChI is InChI=1S/C30H29ClN2O4S/c31-25-11-12-29-30(18-25)38(35,36)33(26-7-3-4-8-28(26)37-29)19-21-13-15-32(16-14-21)20-27(34)24-10-9-22-5-1-2-6-23(22)17-24/h1-12,17-18,21,27,34H,13-16,19-20H2/t27-/m0/s1. The Morgan fingerprint density at radius 2 is 1.63 bits per heavy atom. The van der Waals surface area contributed by atoms with Crippen LogP contribution in [0.1, 0.15) is 24.5 Å². The normalized spacial score (nSPS) is 18.3. The lowest BCUT2D eigenvalue weighted by Gasteiger charge is -2.35. The van der Waals surface area contributed by atoms with Gasteiger partial charge < -0.3 is 14.7 Å². The van der Waals surface area contributed by atoms with E-state index in [4.69, 9.17) is 16.3 Å². The first-order chi connectivity index (χ1) is 18.4. The summed E-state index contributed by atoms with van der Waals surface area (Å²) in [6.07, 6.45) is 1.09. The molecule has 0 aromatic heterocycles. The van der Waals surface area contributed by atoms with Crippen molar-refractivity contribution in [2.24, 2.45) is 5.92 Å². The number of hydrogen-bond donors (Lipinski definition) is 1. The SMILES string of the molecule is O=S1(=O)c2cc(Cl)ccc2Oc2ccccc2N1CC1CCN(C[C@H](O)c2ccc3ccccc3c2)CC1. The summed E-state index contributed by atoms with van der Waals surface area (Å²) in [6, 6.07) is 26.2. The minimum atomic E-state index is -3.87. The molecule has 0 amide bonds. The first kappa shape index (κ1) is 25.2. The van der Waals surface area contributed by atoms with Crippen LogP contribution in [0.5, 0.6) is 11.5 Å². The smallest absolute Gasteiger partial charge is 0.268 e. The Labute approximate surface area is 228 Å². The molecule has 1 saturated heterocycles. The molecule has 1 N–H and O–H groups in total. The highest BCUT2D eigenvalue weighted by Crippen LogP contribution is 2.44. The maximum Gasteiger partial charge on any atom is 0.268 e. The average molecular weight is 549 g/mol. The highest BCUT2D eigenvalue weighted by Gasteiger charge is 2.36. The van der Waals surface area contributed by atoms with E-state index in [1.54, 1.807) is 24.3 Å². The van der Waals surface area contributed by atoms with Crippen molar-refractivity contribution in [1.29, 1.82) is 0 Å². The number of fused-ring (bicyclic) bond motifs is 3. The van der Waals surface area contributed by atoms with Crippen LogP contribution in [0, 0.1) is 5.92 Å². The molecule has 8 heteroatoms. The van der Waals surface area contributed by atoms with Crippen molar-refractivity contribution >= 4 is 38.1 Å². The van der Waals surface area contributed by atoms with Crippen LogP contribution < -0.4 is 9.04 Å². The second-order valence-electron chi connectivity index (χ2n) is 10.1. The van der Waals surface area contributed by atoms with Crippen molar-refractivity contribution < 1.29 is 18.3 Å². The number of para-hydroxylation sites is 2. The van der Waals surface area contributed by atoms with Crippen LogP contribution in [0.15, 0.2) is 89.8 Å². The molecule has 0 radical (unpaired) electrons. The molecule has 196 valence electrons. The molecule has 6 rings (SSSR count). The van der Waals surface area contributed by atoms with Gasteiger partial charge in [0.05, 0.1) is 11.8 Å². The summed E-state index contributed by atoms with van der Waals surface area (Å²) in [4.78, 5) is 2.34. The van der Waals surface area contributed by atoms with Crippen LogP contribution in [0.4, 0.5) is 5.69 Å². The first-order valence-corrected chi connectivity index (χ1v) is 14.7. The van der Waals surface area contributed by atoms with E-state index in [1.807, 2.05) is 30.3 Å². The Morgan fingerprint density at radius 1 is 0.895 bits per heavy atom. The number of hydrogen-bond acceptors (Lipinski definition) is 5. The number of ether oxygens (including phenoxy) is 1. The Hall–Kier alpha value is -3.10. The number of aliphatic hydroxyl groups excluding tert-OH is 1. The third-order valence-electron chi connectivity index (χ3n) is 7.55. The number of piperidine rings is 1. The summed E-state index contributed by atoms with van der Waals surface area (Å²) in [5.74, 6) is 0.961. The number of halogens is 1. The fourth-order valence-electron chi connectivity index (χ4n) is 5.43. The number of likely N-dealkylation sites (tertiary alicyclic amines) is 1. The summed E-state index contributed by atoms with van der Waals surface area (Å²) in [5.41, 5.74) is 1.45. The number of β-amino-alcohol motifs (C(OH)–C–C–N with tert-alkyl or cyclic N) is 1. The highest BCUT2D eigenvalue weighted by molar-refractivity contribution is 7.93. The topological polar surface area (TPSA) is 70.1 Å². The molecule has 0 unspecified atom stereocenters. The lowest BCUT2D eigenvalue weighted by Crippen LogP contribution is -2.42. The summed E-state index contributed by atoms with van der Waals surface area (Å²) in [6.45, 7) is 2.50. The number of benzene rings is 4. The van der Waals surface area contributed by atoms with E-state index in [-0.39, 0.29) is 16.6 Å². The van der Waals surface area contributed by atoms with E-state index in [0.29, 0.717) is 29.5 Å². The third kappa shape index (κ3) is 4.87. The maximum absolute atomic E-state index is 13.8. The molecule has 0 aliphatic carbocycles. The maximum atomic E-state index is 13.8. The van der Waals surface area contributed by atoms with Crippen molar-refractivity contribution in [3.05, 3.63) is 95.5 Å². The van der Waals surface area contributed by atoms with E-state index >= 15 is 0 Å². The van der Waals surface area contributed by atoms with E-state index in [1.165, 1.54) is 10.4 Å². The zero-order valence-electron chi connectivity index (χ0n) is 20.8. The van der Waals surface area contributed by atoms with Crippen LogP contribution >= 0.6 is 11.6 Å². The molecule has 6 nitrogen and oxygen atoms in total. The van der Waals surface area contributed by atoms with E-state index in [2.05, 4.69) is 29.2 Å². The lowest BCUT2D eigenvalue weighted by atomic mass is 9.95. The van der Waals surface area contributed by atoms with Crippen molar-refractivity contribution in [1.82, 2.24) is 4.90 Å². The van der Waals surface area contributed by atoms with Crippen LogP contribution in [0.2, 0.25) is 5.02 Å². The van der Waals surface area contributed by atoms with Gasteiger partial charge >= 0.3 is 0 Å². The zero-order chi connectivity index (χ0) is 26.3. The van der Waals surface area contributed by atoms with E-state index < -0.39 is 16.1 Å². The van der Waals surface area contributed by atoms with Crippen molar-refractivity contribution in [3.8, 4) is 11.5 Å². The van der Waals surface area contributed by atoms with Gasteiger partial charge in [0, 0.05) is 18.1 Å². The van der Waals surface area contributed by atoms with E-state index in [9.17, 15) is 13.5 Å². The lowest BCUT2D eigenvalue weighted by molar-refractivity contribution is 0.0906. The molecule has 4 aromatic carbocycles. The number of rotatable bonds is 5. The van der Waals surface area contributed by atoms with Crippen LogP contribution in [-0.2, 0) is 10.0 Å². The molecular formula is C30H29ClN2O4S. The minimum absolute atomic E-state index is 0.0807. The average Bonchev–Trinajstić information content (AvgIpc) is 3.01. The molecule has 1 atom stereocenters. The number of nitrogens with zero attached hydrogens (tertiary/aromatic N) is 2. The first-order valence-electron chi connectivity index (χ1n) is 12.9. The fourth-order valence-corrected chi connectivity index (χ4v) is 7.36. The largest absolute Gasteiger partial charge is 0.454 e. The van der Waals surface area contributed by atoms with Crippen molar-refractivity contribution in [2.45, 2.75) is 23.8 Å². The molecule has 0 saturated carbocycles. The van der Waals surface area contributed by atoms with Gasteiger partial charge in [0.2, 0.25) is 0 Å². The number of anilines is 1. The Morgan fingerprint density at radius 3 is 2.45 bits per heavy atom.